The Morgan fingerprint density at radius 2 is 1.68 bits per heavy atom. The van der Waals surface area contributed by atoms with E-state index >= 15 is 0 Å². The van der Waals surface area contributed by atoms with E-state index in [1.807, 2.05) is 19.1 Å². The Bertz CT molecular complexity index is 666. The van der Waals surface area contributed by atoms with Gasteiger partial charge in [0.1, 0.15) is 15.8 Å². The Morgan fingerprint density at radius 3 is 2.32 bits per heavy atom. The van der Waals surface area contributed by atoms with Gasteiger partial charge in [-0.15, -0.1) is 5.69 Å². The van der Waals surface area contributed by atoms with Gasteiger partial charge in [0.15, 0.2) is 0 Å². The van der Waals surface area contributed by atoms with E-state index in [2.05, 4.69) is 4.72 Å². The average molecular weight is 278 g/mol. The van der Waals surface area contributed by atoms with Gasteiger partial charge in [-0.2, -0.15) is 0 Å². The molecule has 0 radical (unpaired) electrons. The van der Waals surface area contributed by atoms with Crippen LogP contribution < -0.4 is 0 Å². The maximum atomic E-state index is 12.8. The monoisotopic (exact) mass is 278 g/mol. The van der Waals surface area contributed by atoms with Crippen molar-refractivity contribution in [3.05, 3.63) is 64.6 Å². The molecular weight excluding hydrogens is 265 g/mol. The average Bonchev–Trinajstić information content (AvgIpc) is 2.39. The summed E-state index contributed by atoms with van der Waals surface area (Å²) < 4.78 is 40.8. The van der Waals surface area contributed by atoms with Crippen molar-refractivity contribution in [2.75, 3.05) is 0 Å². The van der Waals surface area contributed by atoms with E-state index in [-0.39, 0.29) is 4.90 Å². The first-order chi connectivity index (χ1) is 9.03. The number of sulfonamides is 1. The third kappa shape index (κ3) is 3.12. The lowest BCUT2D eigenvalue weighted by atomic mass is 10.1. The SMILES string of the molecule is CCc1ccccc1[N-]S(=O)(=O)c1ccc(F)cc1. The first-order valence-corrected chi connectivity index (χ1v) is 7.28. The first kappa shape index (κ1) is 13.5. The zero-order valence-electron chi connectivity index (χ0n) is 10.4. The molecule has 0 aliphatic carbocycles. The zero-order chi connectivity index (χ0) is 13.9. The van der Waals surface area contributed by atoms with Crippen LogP contribution in [-0.2, 0) is 16.4 Å². The molecule has 19 heavy (non-hydrogen) atoms. The van der Waals surface area contributed by atoms with Crippen molar-refractivity contribution in [2.24, 2.45) is 0 Å². The summed E-state index contributed by atoms with van der Waals surface area (Å²) in [6.07, 6.45) is 0.693. The highest BCUT2D eigenvalue weighted by Crippen LogP contribution is 2.30. The summed E-state index contributed by atoms with van der Waals surface area (Å²) in [5, 5.41) is 0. The van der Waals surface area contributed by atoms with E-state index in [1.165, 1.54) is 12.1 Å². The predicted molar refractivity (Wildman–Crippen MR) is 72.4 cm³/mol. The standard InChI is InChI=1S/C14H13FNO2S/c1-2-11-5-3-4-6-14(11)16-19(17,18)13-9-7-12(15)8-10-13/h3-10H,2H2,1H3/q-1. The van der Waals surface area contributed by atoms with Crippen LogP contribution in [0, 0.1) is 5.82 Å². The van der Waals surface area contributed by atoms with Gasteiger partial charge in [-0.05, 0) is 30.7 Å². The van der Waals surface area contributed by atoms with Crippen molar-refractivity contribution >= 4 is 15.7 Å². The van der Waals surface area contributed by atoms with Crippen LogP contribution >= 0.6 is 0 Å². The molecular formula is C14H13FNO2S-. The van der Waals surface area contributed by atoms with Gasteiger partial charge in [0.25, 0.3) is 0 Å². The molecule has 0 heterocycles. The highest BCUT2D eigenvalue weighted by atomic mass is 32.2. The second-order valence-corrected chi connectivity index (χ2v) is 5.61. The molecule has 0 spiro atoms. The molecule has 0 unspecified atom stereocenters. The number of halogens is 1. The Morgan fingerprint density at radius 1 is 1.05 bits per heavy atom. The molecule has 0 saturated heterocycles. The molecule has 0 amide bonds. The van der Waals surface area contributed by atoms with Crippen molar-refractivity contribution in [1.29, 1.82) is 0 Å². The maximum absolute atomic E-state index is 12.8. The van der Waals surface area contributed by atoms with Gasteiger partial charge in [-0.3, -0.25) is 0 Å². The van der Waals surface area contributed by atoms with Crippen molar-refractivity contribution < 1.29 is 12.8 Å². The number of benzene rings is 2. The second kappa shape index (κ2) is 5.40. The molecule has 0 aliphatic rings. The summed E-state index contributed by atoms with van der Waals surface area (Å²) in [6.45, 7) is 1.93. The number of rotatable bonds is 4. The van der Waals surface area contributed by atoms with Gasteiger partial charge < -0.3 is 4.72 Å². The largest absolute Gasteiger partial charge is 0.572 e. The van der Waals surface area contributed by atoms with Gasteiger partial charge in [0.2, 0.25) is 0 Å². The minimum atomic E-state index is -3.80. The molecule has 0 saturated carbocycles. The summed E-state index contributed by atoms with van der Waals surface area (Å²) in [4.78, 5) is -0.0141. The van der Waals surface area contributed by atoms with E-state index in [0.29, 0.717) is 12.1 Å². The van der Waals surface area contributed by atoms with Gasteiger partial charge in [0.05, 0.1) is 4.90 Å². The summed E-state index contributed by atoms with van der Waals surface area (Å²) in [6, 6.07) is 11.7. The minimum Gasteiger partial charge on any atom is -0.572 e. The van der Waals surface area contributed by atoms with E-state index in [1.54, 1.807) is 12.1 Å². The Labute approximate surface area is 112 Å². The molecule has 0 aromatic heterocycles. The van der Waals surface area contributed by atoms with Crippen molar-refractivity contribution in [1.82, 2.24) is 0 Å². The lowest BCUT2D eigenvalue weighted by molar-refractivity contribution is 0.601. The normalized spacial score (nSPS) is 11.3. The number of aryl methyl sites for hydroxylation is 1. The second-order valence-electron chi connectivity index (χ2n) is 4.00. The fourth-order valence-corrected chi connectivity index (χ4v) is 2.71. The molecule has 0 atom stereocenters. The van der Waals surface area contributed by atoms with Crippen molar-refractivity contribution in [3.63, 3.8) is 0 Å². The number of hydrogen-bond donors (Lipinski definition) is 0. The fraction of sp³-hybridized carbons (Fsp3) is 0.143. The van der Waals surface area contributed by atoms with E-state index < -0.39 is 15.8 Å². The lowest BCUT2D eigenvalue weighted by Crippen LogP contribution is -1.98. The third-order valence-electron chi connectivity index (χ3n) is 2.70. The lowest BCUT2D eigenvalue weighted by Gasteiger charge is -2.24. The van der Waals surface area contributed by atoms with E-state index in [0.717, 1.165) is 17.7 Å². The molecule has 0 aliphatic heterocycles. The van der Waals surface area contributed by atoms with Crippen LogP contribution in [0.1, 0.15) is 12.5 Å². The first-order valence-electron chi connectivity index (χ1n) is 5.84. The van der Waals surface area contributed by atoms with Crippen LogP contribution in [0.25, 0.3) is 4.72 Å². The molecule has 0 bridgehead atoms. The number of hydrogen-bond acceptors (Lipinski definition) is 2. The third-order valence-corrected chi connectivity index (χ3v) is 4.01. The predicted octanol–water partition coefficient (Wildman–Crippen LogP) is 3.78. The molecule has 2 aromatic carbocycles. The van der Waals surface area contributed by atoms with Gasteiger partial charge >= 0.3 is 0 Å². The van der Waals surface area contributed by atoms with Crippen LogP contribution in [0.5, 0.6) is 0 Å². The fourth-order valence-electron chi connectivity index (χ4n) is 1.69. The van der Waals surface area contributed by atoms with Crippen molar-refractivity contribution in [3.8, 4) is 0 Å². The molecule has 5 heteroatoms. The zero-order valence-corrected chi connectivity index (χ0v) is 11.2. The molecule has 0 fully saturated rings. The Balaban J connectivity index is 2.34. The minimum absolute atomic E-state index is 0.0141. The molecule has 2 aromatic rings. The van der Waals surface area contributed by atoms with Crippen LogP contribution in [0.3, 0.4) is 0 Å². The highest BCUT2D eigenvalue weighted by Gasteiger charge is 2.05. The topological polar surface area (TPSA) is 48.2 Å². The van der Waals surface area contributed by atoms with E-state index in [4.69, 9.17) is 0 Å². The van der Waals surface area contributed by atoms with Crippen LogP contribution in [0.15, 0.2) is 53.4 Å². The molecule has 2 rings (SSSR count). The summed E-state index contributed by atoms with van der Waals surface area (Å²) >= 11 is 0. The van der Waals surface area contributed by atoms with Crippen LogP contribution in [0.2, 0.25) is 0 Å². The maximum Gasteiger partial charge on any atom is 0.123 e. The summed E-state index contributed by atoms with van der Waals surface area (Å²) in [5.74, 6) is -0.479. The number of nitrogens with zero attached hydrogens (tertiary/aromatic N) is 1. The summed E-state index contributed by atoms with van der Waals surface area (Å²) in [7, 11) is -3.80. The molecule has 100 valence electrons. The van der Waals surface area contributed by atoms with Gasteiger partial charge in [0, 0.05) is 0 Å². The Hall–Kier alpha value is -1.88. The smallest absolute Gasteiger partial charge is 0.123 e. The molecule has 0 N–H and O–H groups in total. The van der Waals surface area contributed by atoms with Crippen molar-refractivity contribution in [2.45, 2.75) is 18.2 Å². The quantitative estimate of drug-likeness (QED) is 0.854. The van der Waals surface area contributed by atoms with E-state index in [9.17, 15) is 12.8 Å². The van der Waals surface area contributed by atoms with Crippen LogP contribution in [-0.4, -0.2) is 8.42 Å². The van der Waals surface area contributed by atoms with Gasteiger partial charge in [-0.1, -0.05) is 36.8 Å². The Kier molecular flexibility index (Phi) is 3.85. The highest BCUT2D eigenvalue weighted by molar-refractivity contribution is 7.94. The summed E-state index contributed by atoms with van der Waals surface area (Å²) in [5.41, 5.74) is 1.28. The van der Waals surface area contributed by atoms with Gasteiger partial charge in [-0.25, -0.2) is 12.8 Å². The molecule has 3 nitrogen and oxygen atoms in total. The van der Waals surface area contributed by atoms with Crippen LogP contribution in [0.4, 0.5) is 10.1 Å².